The summed E-state index contributed by atoms with van der Waals surface area (Å²) in [5.74, 6) is -2.78. The Morgan fingerprint density at radius 3 is 2.00 bits per heavy atom. The maximum atomic E-state index is 11.8. The van der Waals surface area contributed by atoms with Gasteiger partial charge in [-0.25, -0.2) is 0 Å². The van der Waals surface area contributed by atoms with Crippen LogP contribution in [0.2, 0.25) is 0 Å². The van der Waals surface area contributed by atoms with Crippen LogP contribution in [0.4, 0.5) is 0 Å². The highest BCUT2D eigenvalue weighted by molar-refractivity contribution is 5.68. The highest BCUT2D eigenvalue weighted by atomic mass is 16.7. The number of hydrogen-bond acceptors (Lipinski definition) is 11. The van der Waals surface area contributed by atoms with Crippen molar-refractivity contribution < 1.29 is 52.7 Å². The molecule has 170 valence electrons. The van der Waals surface area contributed by atoms with E-state index in [1.54, 1.807) is 0 Å². The maximum absolute atomic E-state index is 11.8. The first kappa shape index (κ1) is 23.9. The molecule has 1 aliphatic rings. The molecule has 11 heteroatoms. The molecule has 11 nitrogen and oxygen atoms in total. The summed E-state index contributed by atoms with van der Waals surface area (Å²) in [4.78, 5) is 46.5. The topological polar surface area (TPSA) is 144 Å². The highest BCUT2D eigenvalue weighted by Gasteiger charge is 2.53. The number of ether oxygens (including phenoxy) is 6. The van der Waals surface area contributed by atoms with Gasteiger partial charge in [0.05, 0.1) is 0 Å². The van der Waals surface area contributed by atoms with Crippen LogP contribution in [0.25, 0.3) is 0 Å². The molecule has 0 amide bonds. The first-order valence-corrected chi connectivity index (χ1v) is 9.33. The van der Waals surface area contributed by atoms with Crippen molar-refractivity contribution >= 4 is 23.9 Å². The highest BCUT2D eigenvalue weighted by Crippen LogP contribution is 2.31. The number of esters is 4. The fourth-order valence-electron chi connectivity index (χ4n) is 2.97. The van der Waals surface area contributed by atoms with Crippen LogP contribution in [0.1, 0.15) is 27.7 Å². The zero-order chi connectivity index (χ0) is 23.1. The summed E-state index contributed by atoms with van der Waals surface area (Å²) >= 11 is 0. The van der Waals surface area contributed by atoms with Crippen molar-refractivity contribution in [3.63, 3.8) is 0 Å². The number of hydrogen-bond donors (Lipinski definition) is 1. The fourth-order valence-corrected chi connectivity index (χ4v) is 2.97. The van der Waals surface area contributed by atoms with Gasteiger partial charge in [0.1, 0.15) is 24.2 Å². The summed E-state index contributed by atoms with van der Waals surface area (Å²) in [5, 5.41) is 9.67. The zero-order valence-corrected chi connectivity index (χ0v) is 17.4. The van der Waals surface area contributed by atoms with Gasteiger partial charge in [-0.2, -0.15) is 0 Å². The van der Waals surface area contributed by atoms with Gasteiger partial charge in [-0.3, -0.25) is 19.2 Å². The fraction of sp³-hybridized carbons (Fsp3) is 0.500. The number of carbonyl (C=O) groups excluding carboxylic acids is 4. The van der Waals surface area contributed by atoms with Crippen molar-refractivity contribution in [3.05, 3.63) is 24.3 Å². The third-order valence-electron chi connectivity index (χ3n) is 4.02. The molecule has 0 bridgehead atoms. The van der Waals surface area contributed by atoms with Crippen LogP contribution in [-0.2, 0) is 42.9 Å². The normalized spacial score (nSPS) is 25.1. The second-order valence-electron chi connectivity index (χ2n) is 6.68. The van der Waals surface area contributed by atoms with Crippen LogP contribution < -0.4 is 4.74 Å². The predicted octanol–water partition coefficient (Wildman–Crippen LogP) is 0.854. The lowest BCUT2D eigenvalue weighted by Gasteiger charge is -2.43. The van der Waals surface area contributed by atoms with E-state index in [2.05, 4.69) is 0 Å². The zero-order valence-electron chi connectivity index (χ0n) is 17.4. The van der Waals surface area contributed by atoms with Crippen molar-refractivity contribution in [2.45, 2.75) is 58.4 Å². The molecule has 1 aromatic rings. The Bertz CT molecular complexity index is 821. The van der Waals surface area contributed by atoms with E-state index >= 15 is 0 Å². The number of benzene rings is 1. The van der Waals surface area contributed by atoms with Gasteiger partial charge in [-0.1, -0.05) is 6.07 Å². The van der Waals surface area contributed by atoms with Crippen LogP contribution in [0.3, 0.4) is 0 Å². The number of phenolic OH excluding ortho intramolecular Hbond substituents is 1. The molecule has 2 rings (SSSR count). The van der Waals surface area contributed by atoms with E-state index in [1.807, 2.05) is 0 Å². The van der Waals surface area contributed by atoms with Crippen molar-refractivity contribution in [1.29, 1.82) is 0 Å². The number of aromatic hydroxyl groups is 1. The summed E-state index contributed by atoms with van der Waals surface area (Å²) < 4.78 is 32.3. The number of rotatable bonds is 7. The predicted molar refractivity (Wildman–Crippen MR) is 101 cm³/mol. The lowest BCUT2D eigenvalue weighted by molar-refractivity contribution is -0.288. The average molecular weight is 440 g/mol. The molecule has 31 heavy (non-hydrogen) atoms. The Labute approximate surface area is 178 Å². The van der Waals surface area contributed by atoms with E-state index in [9.17, 15) is 24.3 Å². The Kier molecular flexibility index (Phi) is 8.20. The first-order valence-electron chi connectivity index (χ1n) is 9.33. The number of carbonyl (C=O) groups is 4. The molecule has 0 unspecified atom stereocenters. The second kappa shape index (κ2) is 10.6. The third kappa shape index (κ3) is 7.14. The van der Waals surface area contributed by atoms with Crippen LogP contribution >= 0.6 is 0 Å². The third-order valence-corrected chi connectivity index (χ3v) is 4.02. The van der Waals surface area contributed by atoms with E-state index < -0.39 is 54.6 Å². The van der Waals surface area contributed by atoms with Gasteiger partial charge in [0.25, 0.3) is 0 Å². The molecule has 1 heterocycles. The van der Waals surface area contributed by atoms with Crippen LogP contribution in [-0.4, -0.2) is 66.3 Å². The second-order valence-corrected chi connectivity index (χ2v) is 6.68. The van der Waals surface area contributed by atoms with E-state index in [-0.39, 0.29) is 18.1 Å². The molecule has 0 spiro atoms. The molecule has 0 aromatic heterocycles. The SMILES string of the molecule is CC(=O)OC[C@H]1O[C@@H](Oc2cccc(O)c2)[C@H](OC(C)=O)[C@@H](OC(C)=O)[C@@H]1OC(C)=O. The van der Waals surface area contributed by atoms with Gasteiger partial charge >= 0.3 is 23.9 Å². The standard InChI is InChI=1S/C20H24O11/c1-10(21)26-9-16-17(27-11(2)22)18(28-12(3)23)19(29-13(4)24)20(31-16)30-15-7-5-6-14(25)8-15/h5-8,16-20,25H,9H2,1-4H3/t16-,17-,18+,19-,20-/m1/s1. The largest absolute Gasteiger partial charge is 0.508 e. The van der Waals surface area contributed by atoms with Gasteiger partial charge in [0.2, 0.25) is 12.4 Å². The molecule has 0 aliphatic carbocycles. The van der Waals surface area contributed by atoms with E-state index in [1.165, 1.54) is 31.2 Å². The summed E-state index contributed by atoms with van der Waals surface area (Å²) in [7, 11) is 0. The minimum Gasteiger partial charge on any atom is -0.508 e. The molecule has 0 saturated carbocycles. The van der Waals surface area contributed by atoms with Crippen molar-refractivity contribution in [2.75, 3.05) is 6.61 Å². The van der Waals surface area contributed by atoms with Crippen molar-refractivity contribution in [2.24, 2.45) is 0 Å². The van der Waals surface area contributed by atoms with Gasteiger partial charge in [-0.05, 0) is 12.1 Å². The average Bonchev–Trinajstić information content (AvgIpc) is 2.64. The van der Waals surface area contributed by atoms with Gasteiger partial charge in [0.15, 0.2) is 12.2 Å². The summed E-state index contributed by atoms with van der Waals surface area (Å²) in [6.07, 6.45) is -6.42. The smallest absolute Gasteiger partial charge is 0.303 e. The summed E-state index contributed by atoms with van der Waals surface area (Å²) in [6, 6.07) is 5.72. The Balaban J connectivity index is 2.44. The maximum Gasteiger partial charge on any atom is 0.303 e. The minimum atomic E-state index is -1.36. The molecule has 0 radical (unpaired) electrons. The summed E-state index contributed by atoms with van der Waals surface area (Å²) in [5.41, 5.74) is 0. The minimum absolute atomic E-state index is 0.0943. The van der Waals surface area contributed by atoms with Crippen LogP contribution in [0.15, 0.2) is 24.3 Å². The molecular formula is C20H24O11. The van der Waals surface area contributed by atoms with Crippen LogP contribution in [0, 0.1) is 0 Å². The van der Waals surface area contributed by atoms with E-state index in [4.69, 9.17) is 28.4 Å². The lowest BCUT2D eigenvalue weighted by atomic mass is 9.98. The molecular weight excluding hydrogens is 416 g/mol. The Morgan fingerprint density at radius 1 is 0.871 bits per heavy atom. The van der Waals surface area contributed by atoms with E-state index in [0.717, 1.165) is 20.8 Å². The van der Waals surface area contributed by atoms with E-state index in [0.29, 0.717) is 0 Å². The molecule has 5 atom stereocenters. The molecule has 1 N–H and O–H groups in total. The van der Waals surface area contributed by atoms with Crippen molar-refractivity contribution in [3.8, 4) is 11.5 Å². The Morgan fingerprint density at radius 2 is 1.45 bits per heavy atom. The van der Waals surface area contributed by atoms with Crippen molar-refractivity contribution in [1.82, 2.24) is 0 Å². The molecule has 1 aromatic carbocycles. The first-order chi connectivity index (χ1) is 14.6. The molecule has 1 aliphatic heterocycles. The quantitative estimate of drug-likeness (QED) is 0.476. The monoisotopic (exact) mass is 440 g/mol. The Hall–Kier alpha value is -3.34. The molecule has 1 fully saturated rings. The van der Waals surface area contributed by atoms with Gasteiger partial charge in [-0.15, -0.1) is 0 Å². The van der Waals surface area contributed by atoms with Gasteiger partial charge < -0.3 is 33.5 Å². The van der Waals surface area contributed by atoms with Gasteiger partial charge in [0, 0.05) is 33.8 Å². The number of phenols is 1. The summed E-state index contributed by atoms with van der Waals surface area (Å²) in [6.45, 7) is 4.19. The molecule has 1 saturated heterocycles. The van der Waals surface area contributed by atoms with Crippen LogP contribution in [0.5, 0.6) is 11.5 Å². The lowest BCUT2D eigenvalue weighted by Crippen LogP contribution is -2.63.